The number of anilines is 2. The summed E-state index contributed by atoms with van der Waals surface area (Å²) in [5.41, 5.74) is 7.02. The van der Waals surface area contributed by atoms with Crippen LogP contribution in [0.1, 0.15) is 22.9 Å². The Morgan fingerprint density at radius 3 is 2.36 bits per heavy atom. The van der Waals surface area contributed by atoms with Gasteiger partial charge in [-0.15, -0.1) is 11.3 Å². The molecule has 3 rings (SSSR count). The molecule has 0 fully saturated rings. The van der Waals surface area contributed by atoms with E-state index in [-0.39, 0.29) is 24.4 Å². The van der Waals surface area contributed by atoms with Crippen LogP contribution in [0.25, 0.3) is 0 Å². The van der Waals surface area contributed by atoms with Gasteiger partial charge >= 0.3 is 0 Å². The summed E-state index contributed by atoms with van der Waals surface area (Å²) in [7, 11) is 1.46. The highest BCUT2D eigenvalue weighted by Gasteiger charge is 2.49. The molecule has 0 aliphatic carbocycles. The van der Waals surface area contributed by atoms with Gasteiger partial charge in [0.05, 0.1) is 18.2 Å². The van der Waals surface area contributed by atoms with Crippen molar-refractivity contribution in [3.8, 4) is 0 Å². The van der Waals surface area contributed by atoms with Crippen LogP contribution < -0.4 is 16.4 Å². The Bertz CT molecular complexity index is 1060. The zero-order valence-corrected chi connectivity index (χ0v) is 18.6. The molecule has 8 N–H and O–H groups in total. The third kappa shape index (κ3) is 6.12. The van der Waals surface area contributed by atoms with Gasteiger partial charge in [0.2, 0.25) is 5.91 Å². The molecule has 1 heterocycles. The van der Waals surface area contributed by atoms with Gasteiger partial charge in [0.15, 0.2) is 5.13 Å². The minimum atomic E-state index is -3.10. The van der Waals surface area contributed by atoms with Crippen molar-refractivity contribution in [3.63, 3.8) is 0 Å². The van der Waals surface area contributed by atoms with E-state index in [9.17, 15) is 25.2 Å². The molecule has 1 atom stereocenters. The summed E-state index contributed by atoms with van der Waals surface area (Å²) >= 11 is 1.24. The monoisotopic (exact) mass is 474 g/mol. The highest BCUT2D eigenvalue weighted by molar-refractivity contribution is 7.13. The first-order valence-electron chi connectivity index (χ1n) is 9.95. The molecular weight excluding hydrogens is 448 g/mol. The lowest BCUT2D eigenvalue weighted by molar-refractivity contribution is -0.379. The third-order valence-corrected chi connectivity index (χ3v) is 5.68. The molecule has 3 aromatic rings. The lowest BCUT2D eigenvalue weighted by atomic mass is 10.0. The van der Waals surface area contributed by atoms with Crippen LogP contribution in [0, 0.1) is 0 Å². The topological polar surface area (TPSA) is 170 Å². The first-order chi connectivity index (χ1) is 15.6. The van der Waals surface area contributed by atoms with Crippen molar-refractivity contribution in [3.05, 3.63) is 76.8 Å². The van der Waals surface area contributed by atoms with Gasteiger partial charge in [-0.3, -0.25) is 10.1 Å². The molecule has 10 nitrogen and oxygen atoms in total. The van der Waals surface area contributed by atoms with E-state index in [0.29, 0.717) is 16.5 Å². The summed E-state index contributed by atoms with van der Waals surface area (Å²) in [6.45, 7) is -0.119. The molecule has 0 saturated heterocycles. The summed E-state index contributed by atoms with van der Waals surface area (Å²) < 4.78 is 5.35. The predicted octanol–water partition coefficient (Wildman–Crippen LogP) is 0.660. The Kier molecular flexibility index (Phi) is 7.76. The number of rotatable bonds is 10. The molecule has 0 bridgehead atoms. The minimum absolute atomic E-state index is 0.0295. The van der Waals surface area contributed by atoms with Gasteiger partial charge in [-0.1, -0.05) is 42.5 Å². The standard InChI is InChI=1S/C22H26N4O6S/c1-32-18(14-5-3-2-4-6-14)12-24-22(30,31)21(28,29)15-7-9-16(10-8-15)25-19(27)11-17-13-33-20(23)26-17/h2-10,13,18,24,28-31H,11-12H2,1H3,(H2,23,26)(H,25,27). The quantitative estimate of drug-likeness (QED) is 0.209. The van der Waals surface area contributed by atoms with E-state index in [1.54, 1.807) is 17.5 Å². The number of carbonyl (C=O) groups is 1. The number of benzene rings is 2. The van der Waals surface area contributed by atoms with Gasteiger partial charge in [-0.2, -0.15) is 0 Å². The fourth-order valence-corrected chi connectivity index (χ4v) is 3.69. The number of thiazole rings is 1. The molecule has 1 unspecified atom stereocenters. The van der Waals surface area contributed by atoms with Gasteiger partial charge in [0, 0.05) is 30.3 Å². The summed E-state index contributed by atoms with van der Waals surface area (Å²) in [5.74, 6) is -6.50. The molecule has 0 saturated carbocycles. The van der Waals surface area contributed by atoms with Crippen molar-refractivity contribution in [2.75, 3.05) is 24.7 Å². The molecule has 33 heavy (non-hydrogen) atoms. The van der Waals surface area contributed by atoms with Crippen LogP contribution in [0.3, 0.4) is 0 Å². The number of amides is 1. The Morgan fingerprint density at radius 2 is 1.79 bits per heavy atom. The van der Waals surface area contributed by atoms with Crippen LogP contribution in [0.4, 0.5) is 10.8 Å². The maximum Gasteiger partial charge on any atom is 0.284 e. The number of hydrogen-bond donors (Lipinski definition) is 7. The van der Waals surface area contributed by atoms with E-state index in [4.69, 9.17) is 10.5 Å². The Balaban J connectivity index is 1.63. The van der Waals surface area contributed by atoms with Gasteiger partial charge < -0.3 is 36.2 Å². The number of aromatic nitrogens is 1. The molecular formula is C22H26N4O6S. The second-order valence-corrected chi connectivity index (χ2v) is 8.23. The van der Waals surface area contributed by atoms with Crippen LogP contribution in [0.2, 0.25) is 0 Å². The molecule has 0 aliphatic rings. The predicted molar refractivity (Wildman–Crippen MR) is 123 cm³/mol. The summed E-state index contributed by atoms with van der Waals surface area (Å²) in [4.78, 5) is 16.2. The van der Waals surface area contributed by atoms with E-state index in [1.807, 2.05) is 18.2 Å². The number of methoxy groups -OCH3 is 1. The minimum Gasteiger partial charge on any atom is -0.375 e. The van der Waals surface area contributed by atoms with Crippen LogP contribution >= 0.6 is 11.3 Å². The number of ether oxygens (including phenoxy) is 1. The lowest BCUT2D eigenvalue weighted by Gasteiger charge is -2.36. The van der Waals surface area contributed by atoms with Crippen molar-refractivity contribution in [2.45, 2.75) is 24.2 Å². The Morgan fingerprint density at radius 1 is 1.12 bits per heavy atom. The van der Waals surface area contributed by atoms with Gasteiger partial charge in [0.1, 0.15) is 0 Å². The summed E-state index contributed by atoms with van der Waals surface area (Å²) in [5, 5.41) is 48.7. The van der Waals surface area contributed by atoms with Crippen molar-refractivity contribution >= 4 is 28.1 Å². The molecule has 2 aromatic carbocycles. The number of nitrogens with one attached hydrogen (secondary N) is 2. The number of aliphatic hydroxyl groups is 4. The van der Waals surface area contributed by atoms with Gasteiger partial charge in [-0.05, 0) is 17.7 Å². The molecule has 0 spiro atoms. The van der Waals surface area contributed by atoms with Crippen LogP contribution in [-0.2, 0) is 21.7 Å². The Hall–Kier alpha value is -2.90. The molecule has 0 aliphatic heterocycles. The fraction of sp³-hybridized carbons (Fsp3) is 0.273. The normalized spacial score (nSPS) is 13.0. The fourth-order valence-electron chi connectivity index (χ4n) is 3.12. The average molecular weight is 475 g/mol. The summed E-state index contributed by atoms with van der Waals surface area (Å²) in [6, 6.07) is 14.4. The first-order valence-corrected chi connectivity index (χ1v) is 10.8. The first kappa shape index (κ1) is 24.7. The van der Waals surface area contributed by atoms with E-state index in [1.165, 1.54) is 42.7 Å². The van der Waals surface area contributed by atoms with E-state index >= 15 is 0 Å². The van der Waals surface area contributed by atoms with E-state index < -0.39 is 17.8 Å². The number of hydrogen-bond acceptors (Lipinski definition) is 10. The zero-order chi connectivity index (χ0) is 24.1. The number of nitrogens with zero attached hydrogens (tertiary/aromatic N) is 1. The van der Waals surface area contributed by atoms with Crippen LogP contribution in [0.5, 0.6) is 0 Å². The van der Waals surface area contributed by atoms with E-state index in [2.05, 4.69) is 15.6 Å². The van der Waals surface area contributed by atoms with Crippen molar-refractivity contribution in [1.82, 2.24) is 10.3 Å². The largest absolute Gasteiger partial charge is 0.375 e. The van der Waals surface area contributed by atoms with Crippen molar-refractivity contribution in [2.24, 2.45) is 0 Å². The Labute approximate surface area is 194 Å². The SMILES string of the molecule is COC(CNC(O)(O)C(O)(O)c1ccc(NC(=O)Cc2csc(N)n2)cc1)c1ccccc1. The van der Waals surface area contributed by atoms with Crippen LogP contribution in [0.15, 0.2) is 60.0 Å². The average Bonchev–Trinajstić information content (AvgIpc) is 3.19. The maximum atomic E-state index is 12.1. The van der Waals surface area contributed by atoms with Crippen LogP contribution in [-0.4, -0.2) is 50.9 Å². The number of nitrogens with two attached hydrogens (primary N) is 1. The summed E-state index contributed by atoms with van der Waals surface area (Å²) in [6.07, 6.45) is -0.534. The molecule has 1 aromatic heterocycles. The highest BCUT2D eigenvalue weighted by Crippen LogP contribution is 2.29. The zero-order valence-electron chi connectivity index (χ0n) is 17.8. The highest BCUT2D eigenvalue weighted by atomic mass is 32.1. The molecule has 0 radical (unpaired) electrons. The second-order valence-electron chi connectivity index (χ2n) is 7.34. The van der Waals surface area contributed by atoms with E-state index in [0.717, 1.165) is 5.56 Å². The number of carbonyl (C=O) groups excluding carboxylic acids is 1. The molecule has 176 valence electrons. The lowest BCUT2D eigenvalue weighted by Crippen LogP contribution is -2.62. The van der Waals surface area contributed by atoms with Gasteiger partial charge in [-0.25, -0.2) is 4.98 Å². The molecule has 11 heteroatoms. The van der Waals surface area contributed by atoms with Crippen molar-refractivity contribution in [1.29, 1.82) is 0 Å². The maximum absolute atomic E-state index is 12.1. The molecule has 1 amide bonds. The van der Waals surface area contributed by atoms with Crippen molar-refractivity contribution < 1.29 is 30.0 Å². The number of nitrogen functional groups attached to an aromatic ring is 1. The smallest absolute Gasteiger partial charge is 0.284 e. The second kappa shape index (κ2) is 10.4. The van der Waals surface area contributed by atoms with Gasteiger partial charge in [0.25, 0.3) is 11.7 Å². The third-order valence-electron chi connectivity index (χ3n) is 4.96.